The molecule has 0 radical (unpaired) electrons. The van der Waals surface area contributed by atoms with Crippen LogP contribution in [-0.2, 0) is 23.8 Å². The molecule has 1 aromatic carbocycles. The third-order valence-corrected chi connectivity index (χ3v) is 5.36. The lowest BCUT2D eigenvalue weighted by atomic mass is 9.98. The molecule has 1 atom stereocenters. The van der Waals surface area contributed by atoms with Crippen LogP contribution in [0.1, 0.15) is 24.2 Å². The highest BCUT2D eigenvalue weighted by molar-refractivity contribution is 6.16. The Kier molecular flexibility index (Phi) is 5.76. The summed E-state index contributed by atoms with van der Waals surface area (Å²) in [6, 6.07) is 13.6. The van der Waals surface area contributed by atoms with Crippen molar-refractivity contribution in [2.75, 3.05) is 13.1 Å². The fourth-order valence-electron chi connectivity index (χ4n) is 3.75. The largest absolute Gasteiger partial charge is 0.445 e. The van der Waals surface area contributed by atoms with Crippen molar-refractivity contribution in [2.45, 2.75) is 31.9 Å². The lowest BCUT2D eigenvalue weighted by Gasteiger charge is -2.32. The Bertz CT molecular complexity index is 944. The summed E-state index contributed by atoms with van der Waals surface area (Å²) < 4.78 is 7.59. The molecular formula is C21H23ClN4O2. The number of carbonyl (C=O) groups is 1. The molecule has 28 heavy (non-hydrogen) atoms. The summed E-state index contributed by atoms with van der Waals surface area (Å²) >= 11 is 6.10. The van der Waals surface area contributed by atoms with Gasteiger partial charge in [0.05, 0.1) is 5.88 Å². The lowest BCUT2D eigenvalue weighted by Crippen LogP contribution is -2.41. The number of amides is 1. The van der Waals surface area contributed by atoms with Gasteiger partial charge in [-0.05, 0) is 36.5 Å². The Hall–Kier alpha value is -2.60. The number of rotatable bonds is 5. The minimum absolute atomic E-state index is 0.250. The van der Waals surface area contributed by atoms with E-state index in [1.165, 1.54) is 0 Å². The number of hydrogen-bond acceptors (Lipinski definition) is 4. The molecule has 0 saturated carbocycles. The number of pyridine rings is 1. The van der Waals surface area contributed by atoms with Crippen molar-refractivity contribution in [2.24, 2.45) is 5.92 Å². The van der Waals surface area contributed by atoms with Gasteiger partial charge in [0.1, 0.15) is 17.9 Å². The molecule has 4 rings (SSSR count). The zero-order chi connectivity index (χ0) is 19.3. The first kappa shape index (κ1) is 18.7. The second-order valence-corrected chi connectivity index (χ2v) is 7.38. The van der Waals surface area contributed by atoms with Crippen LogP contribution in [0.2, 0.25) is 0 Å². The van der Waals surface area contributed by atoms with Crippen molar-refractivity contribution < 1.29 is 9.53 Å². The number of alkyl halides is 1. The maximum absolute atomic E-state index is 12.5. The number of carbonyl (C=O) groups excluding carboxylic acids is 1. The number of piperidine rings is 1. The van der Waals surface area contributed by atoms with Crippen LogP contribution >= 0.6 is 11.6 Å². The van der Waals surface area contributed by atoms with Gasteiger partial charge in [-0.15, -0.1) is 11.6 Å². The molecule has 6 nitrogen and oxygen atoms in total. The van der Waals surface area contributed by atoms with Crippen molar-refractivity contribution in [3.63, 3.8) is 0 Å². The van der Waals surface area contributed by atoms with E-state index >= 15 is 0 Å². The first-order valence-electron chi connectivity index (χ1n) is 9.56. The maximum Gasteiger partial charge on any atom is 0.410 e. The Labute approximate surface area is 169 Å². The molecule has 0 N–H and O–H groups in total. The molecule has 1 aliphatic rings. The number of nitrogens with zero attached hydrogens (tertiary/aromatic N) is 4. The van der Waals surface area contributed by atoms with Gasteiger partial charge in [0.25, 0.3) is 0 Å². The van der Waals surface area contributed by atoms with Gasteiger partial charge in [-0.2, -0.15) is 0 Å². The van der Waals surface area contributed by atoms with Crippen molar-refractivity contribution in [3.8, 4) is 0 Å². The van der Waals surface area contributed by atoms with E-state index in [0.717, 1.165) is 48.5 Å². The average Bonchev–Trinajstić information content (AvgIpc) is 3.10. The highest BCUT2D eigenvalue weighted by atomic mass is 35.5. The molecule has 0 spiro atoms. The monoisotopic (exact) mass is 398 g/mol. The van der Waals surface area contributed by atoms with E-state index in [9.17, 15) is 4.79 Å². The number of likely N-dealkylation sites (tertiary alicyclic amines) is 1. The summed E-state index contributed by atoms with van der Waals surface area (Å²) in [6.07, 6.45) is 3.53. The topological polar surface area (TPSA) is 60.2 Å². The lowest BCUT2D eigenvalue weighted by molar-refractivity contribution is 0.0769. The third-order valence-electron chi connectivity index (χ3n) is 5.13. The first-order chi connectivity index (χ1) is 13.7. The van der Waals surface area contributed by atoms with Gasteiger partial charge < -0.3 is 14.2 Å². The fraction of sp³-hybridized carbons (Fsp3) is 0.381. The predicted molar refractivity (Wildman–Crippen MR) is 108 cm³/mol. The summed E-state index contributed by atoms with van der Waals surface area (Å²) in [4.78, 5) is 23.4. The smallest absolute Gasteiger partial charge is 0.410 e. The molecule has 0 bridgehead atoms. The molecule has 0 aliphatic carbocycles. The van der Waals surface area contributed by atoms with E-state index < -0.39 is 0 Å². The van der Waals surface area contributed by atoms with Crippen molar-refractivity contribution in [1.29, 1.82) is 0 Å². The van der Waals surface area contributed by atoms with Gasteiger partial charge in [-0.1, -0.05) is 30.3 Å². The Morgan fingerprint density at radius 1 is 1.21 bits per heavy atom. The van der Waals surface area contributed by atoms with E-state index in [1.54, 1.807) is 6.20 Å². The van der Waals surface area contributed by atoms with E-state index in [1.807, 2.05) is 47.4 Å². The number of fused-ring (bicyclic) bond motifs is 1. The van der Waals surface area contributed by atoms with Crippen molar-refractivity contribution >= 4 is 28.9 Å². The summed E-state index contributed by atoms with van der Waals surface area (Å²) in [5.41, 5.74) is 2.70. The molecule has 1 fully saturated rings. The Balaban J connectivity index is 1.41. The van der Waals surface area contributed by atoms with Gasteiger partial charge in [0, 0.05) is 25.8 Å². The number of ether oxygens (including phenoxy) is 1. The molecule has 2 aromatic heterocycles. The van der Waals surface area contributed by atoms with E-state index in [0.29, 0.717) is 24.9 Å². The van der Waals surface area contributed by atoms with Gasteiger partial charge in [0.15, 0.2) is 5.65 Å². The van der Waals surface area contributed by atoms with E-state index in [-0.39, 0.29) is 6.09 Å². The molecule has 3 heterocycles. The number of benzene rings is 1. The molecule has 146 valence electrons. The zero-order valence-corrected chi connectivity index (χ0v) is 16.4. The van der Waals surface area contributed by atoms with Crippen molar-refractivity contribution in [1.82, 2.24) is 19.4 Å². The van der Waals surface area contributed by atoms with Gasteiger partial charge in [0.2, 0.25) is 0 Å². The minimum atomic E-state index is -0.250. The van der Waals surface area contributed by atoms with Gasteiger partial charge >= 0.3 is 6.09 Å². The van der Waals surface area contributed by atoms with Crippen LogP contribution < -0.4 is 0 Å². The molecule has 1 aliphatic heterocycles. The molecule has 1 amide bonds. The van der Waals surface area contributed by atoms with Crippen LogP contribution in [0.15, 0.2) is 48.7 Å². The molecule has 0 unspecified atom stereocenters. The number of aromatic nitrogens is 3. The SMILES string of the molecule is O=C(OCc1ccccc1)N1CCC[C@@H](Cn2c(CCl)nc3cccnc32)C1. The van der Waals surface area contributed by atoms with Crippen LogP contribution in [0.25, 0.3) is 11.2 Å². The van der Waals surface area contributed by atoms with Crippen LogP contribution in [-0.4, -0.2) is 38.6 Å². The fourth-order valence-corrected chi connectivity index (χ4v) is 3.95. The van der Waals surface area contributed by atoms with E-state index in [2.05, 4.69) is 14.5 Å². The molecule has 1 saturated heterocycles. The standard InChI is InChI=1S/C21H23ClN4O2/c22-12-19-24-18-9-4-10-23-20(18)26(19)14-17-8-5-11-25(13-17)21(27)28-15-16-6-2-1-3-7-16/h1-4,6-7,9-10,17H,5,8,11-15H2/t17-/m1/s1. The quantitative estimate of drug-likeness (QED) is 0.604. The summed E-state index contributed by atoms with van der Waals surface area (Å²) in [7, 11) is 0. The normalized spacial score (nSPS) is 17.0. The second-order valence-electron chi connectivity index (χ2n) is 7.11. The average molecular weight is 399 g/mol. The number of imidazole rings is 1. The second kappa shape index (κ2) is 8.61. The Morgan fingerprint density at radius 3 is 2.89 bits per heavy atom. The molecular weight excluding hydrogens is 376 g/mol. The van der Waals surface area contributed by atoms with Crippen LogP contribution in [0, 0.1) is 5.92 Å². The minimum Gasteiger partial charge on any atom is -0.445 e. The number of halogens is 1. The van der Waals surface area contributed by atoms with Crippen LogP contribution in [0.4, 0.5) is 4.79 Å². The highest BCUT2D eigenvalue weighted by Gasteiger charge is 2.26. The summed E-state index contributed by atoms with van der Waals surface area (Å²) in [5, 5.41) is 0. The van der Waals surface area contributed by atoms with E-state index in [4.69, 9.17) is 16.3 Å². The van der Waals surface area contributed by atoms with Gasteiger partial charge in [-0.3, -0.25) is 0 Å². The van der Waals surface area contributed by atoms with Crippen LogP contribution in [0.3, 0.4) is 0 Å². The Morgan fingerprint density at radius 2 is 2.07 bits per heavy atom. The first-order valence-corrected chi connectivity index (χ1v) is 10.1. The third kappa shape index (κ3) is 4.12. The van der Waals surface area contributed by atoms with Gasteiger partial charge in [-0.25, -0.2) is 14.8 Å². The molecule has 7 heteroatoms. The predicted octanol–water partition coefficient (Wildman–Crippen LogP) is 4.22. The maximum atomic E-state index is 12.5. The summed E-state index contributed by atoms with van der Waals surface area (Å²) in [6.45, 7) is 2.45. The highest BCUT2D eigenvalue weighted by Crippen LogP contribution is 2.23. The zero-order valence-electron chi connectivity index (χ0n) is 15.6. The molecule has 3 aromatic rings. The van der Waals surface area contributed by atoms with Crippen LogP contribution in [0.5, 0.6) is 0 Å². The number of hydrogen-bond donors (Lipinski definition) is 0. The van der Waals surface area contributed by atoms with Crippen molar-refractivity contribution in [3.05, 3.63) is 60.0 Å². The summed E-state index contributed by atoms with van der Waals surface area (Å²) in [5.74, 6) is 1.48.